The predicted molar refractivity (Wildman–Crippen MR) is 247 cm³/mol. The fraction of sp³-hybridized carbons (Fsp3) is 0.0741. The van der Waals surface area contributed by atoms with Gasteiger partial charge in [0.05, 0.1) is 11.4 Å². The SMILES string of the molecule is CC(C)(C)c1ccc(N2c3ccccc3B3c4c2cc(N(c2ccccc2)c2ccccc2)cc4-n2c(-c4ccccc4)c(-c4ccccc4)c4cccc3c42)cc1. The summed E-state index contributed by atoms with van der Waals surface area (Å²) >= 11 is 0. The molecular formula is C54H42BN3. The number of rotatable bonds is 6. The molecule has 0 fully saturated rings. The van der Waals surface area contributed by atoms with Gasteiger partial charge in [0.2, 0.25) is 0 Å². The molecule has 0 unspecified atom stereocenters. The third-order valence-corrected chi connectivity index (χ3v) is 12.1. The number of benzene rings is 8. The number of para-hydroxylation sites is 4. The van der Waals surface area contributed by atoms with Gasteiger partial charge in [-0.15, -0.1) is 0 Å². The molecule has 2 aliphatic heterocycles. The first-order chi connectivity index (χ1) is 28.5. The van der Waals surface area contributed by atoms with E-state index >= 15 is 0 Å². The quantitative estimate of drug-likeness (QED) is 0.157. The van der Waals surface area contributed by atoms with E-state index < -0.39 is 0 Å². The first-order valence-electron chi connectivity index (χ1n) is 20.3. The highest BCUT2D eigenvalue weighted by Crippen LogP contribution is 2.48. The highest BCUT2D eigenvalue weighted by atomic mass is 15.2. The van der Waals surface area contributed by atoms with Gasteiger partial charge in [0.1, 0.15) is 0 Å². The second-order valence-corrected chi connectivity index (χ2v) is 16.6. The van der Waals surface area contributed by atoms with Gasteiger partial charge in [-0.3, -0.25) is 0 Å². The van der Waals surface area contributed by atoms with Crippen LogP contribution in [-0.2, 0) is 5.41 Å². The fourth-order valence-electron chi connectivity index (χ4n) is 9.54. The van der Waals surface area contributed by atoms with Gasteiger partial charge in [-0.1, -0.05) is 166 Å². The lowest BCUT2D eigenvalue weighted by Gasteiger charge is -2.41. The monoisotopic (exact) mass is 743 g/mol. The molecule has 0 bridgehead atoms. The van der Waals surface area contributed by atoms with E-state index in [1.807, 2.05) is 0 Å². The molecule has 0 saturated heterocycles. The van der Waals surface area contributed by atoms with Crippen LogP contribution >= 0.6 is 0 Å². The smallest absolute Gasteiger partial charge is 0.252 e. The summed E-state index contributed by atoms with van der Waals surface area (Å²) in [6.45, 7) is 6.88. The number of fused-ring (bicyclic) bond motifs is 4. The highest BCUT2D eigenvalue weighted by molar-refractivity contribution is 7.00. The molecule has 0 atom stereocenters. The Bertz CT molecular complexity index is 2930. The summed E-state index contributed by atoms with van der Waals surface area (Å²) in [7, 11) is 0. The van der Waals surface area contributed by atoms with Crippen LogP contribution in [0, 0.1) is 0 Å². The maximum absolute atomic E-state index is 2.60. The molecule has 0 aliphatic carbocycles. The average molecular weight is 744 g/mol. The van der Waals surface area contributed by atoms with Gasteiger partial charge in [0.25, 0.3) is 6.71 Å². The van der Waals surface area contributed by atoms with E-state index in [4.69, 9.17) is 0 Å². The third kappa shape index (κ3) is 5.29. The minimum Gasteiger partial charge on any atom is -0.311 e. The summed E-state index contributed by atoms with van der Waals surface area (Å²) in [5.41, 5.74) is 19.5. The molecule has 3 nitrogen and oxygen atoms in total. The molecule has 8 aromatic carbocycles. The standard InChI is InChI=1S/C54H42BN3/c1-54(2,3)39-31-33-42(34-32-39)57-47-30-17-16-28-45(47)55-46-29-18-27-44-50(37-19-8-4-9-20-37)52(38-21-10-5-11-22-38)58(53(44)46)49-36-43(35-48(57)51(49)55)56(40-23-12-6-13-24-40)41-25-14-7-15-26-41/h4-36H,1-3H3. The van der Waals surface area contributed by atoms with Gasteiger partial charge in [0.15, 0.2) is 0 Å². The van der Waals surface area contributed by atoms with Crippen molar-refractivity contribution in [1.29, 1.82) is 0 Å². The van der Waals surface area contributed by atoms with Crippen molar-refractivity contribution >= 4 is 68.1 Å². The van der Waals surface area contributed by atoms with Crippen molar-refractivity contribution in [1.82, 2.24) is 4.57 Å². The average Bonchev–Trinajstić information content (AvgIpc) is 3.62. The zero-order chi connectivity index (χ0) is 39.0. The lowest BCUT2D eigenvalue weighted by Crippen LogP contribution is -2.60. The predicted octanol–water partition coefficient (Wildman–Crippen LogP) is 12.3. The molecule has 2 aliphatic rings. The summed E-state index contributed by atoms with van der Waals surface area (Å²) in [4.78, 5) is 4.93. The second kappa shape index (κ2) is 13.3. The maximum Gasteiger partial charge on any atom is 0.252 e. The van der Waals surface area contributed by atoms with Crippen LogP contribution in [0.5, 0.6) is 0 Å². The van der Waals surface area contributed by atoms with E-state index in [2.05, 4.69) is 235 Å². The highest BCUT2D eigenvalue weighted by Gasteiger charge is 2.43. The van der Waals surface area contributed by atoms with Crippen molar-refractivity contribution < 1.29 is 0 Å². The number of nitrogens with zero attached hydrogens (tertiary/aromatic N) is 3. The Hall–Kier alpha value is -7.04. The van der Waals surface area contributed by atoms with Crippen LogP contribution in [0.1, 0.15) is 26.3 Å². The van der Waals surface area contributed by atoms with Crippen molar-refractivity contribution in [3.8, 4) is 28.1 Å². The molecule has 11 rings (SSSR count). The van der Waals surface area contributed by atoms with Gasteiger partial charge in [-0.05, 0) is 93.1 Å². The minimum atomic E-state index is 0.0283. The van der Waals surface area contributed by atoms with Crippen molar-refractivity contribution in [3.63, 3.8) is 0 Å². The number of hydrogen-bond acceptors (Lipinski definition) is 2. The van der Waals surface area contributed by atoms with Gasteiger partial charge in [0, 0.05) is 50.6 Å². The molecule has 0 saturated carbocycles. The summed E-state index contributed by atoms with van der Waals surface area (Å²) in [6, 6.07) is 73.7. The zero-order valence-corrected chi connectivity index (χ0v) is 33.0. The van der Waals surface area contributed by atoms with E-state index in [-0.39, 0.29) is 12.1 Å². The first-order valence-corrected chi connectivity index (χ1v) is 20.3. The van der Waals surface area contributed by atoms with Gasteiger partial charge in [-0.2, -0.15) is 0 Å². The van der Waals surface area contributed by atoms with E-state index in [1.54, 1.807) is 0 Å². The van der Waals surface area contributed by atoms with Crippen molar-refractivity contribution in [3.05, 3.63) is 206 Å². The topological polar surface area (TPSA) is 11.4 Å². The third-order valence-electron chi connectivity index (χ3n) is 12.1. The summed E-state index contributed by atoms with van der Waals surface area (Å²) in [6.07, 6.45) is 0. The number of aromatic nitrogens is 1. The molecule has 4 heteroatoms. The fourth-order valence-corrected chi connectivity index (χ4v) is 9.54. The second-order valence-electron chi connectivity index (χ2n) is 16.6. The van der Waals surface area contributed by atoms with E-state index in [0.29, 0.717) is 0 Å². The van der Waals surface area contributed by atoms with Crippen LogP contribution in [0.4, 0.5) is 34.1 Å². The number of anilines is 6. The normalized spacial score (nSPS) is 12.7. The summed E-state index contributed by atoms with van der Waals surface area (Å²) in [5, 5.41) is 1.26. The Kier molecular flexibility index (Phi) is 7.84. The van der Waals surface area contributed by atoms with Crippen molar-refractivity contribution in [2.24, 2.45) is 0 Å². The van der Waals surface area contributed by atoms with E-state index in [1.165, 1.54) is 72.3 Å². The molecular weight excluding hydrogens is 701 g/mol. The molecule has 0 radical (unpaired) electrons. The lowest BCUT2D eigenvalue weighted by molar-refractivity contribution is 0.590. The first kappa shape index (κ1) is 34.2. The van der Waals surface area contributed by atoms with Gasteiger partial charge >= 0.3 is 0 Å². The Morgan fingerprint density at radius 3 is 1.66 bits per heavy atom. The molecule has 0 spiro atoms. The van der Waals surface area contributed by atoms with Gasteiger partial charge < -0.3 is 14.4 Å². The van der Waals surface area contributed by atoms with Crippen LogP contribution in [0.15, 0.2) is 200 Å². The van der Waals surface area contributed by atoms with Crippen LogP contribution < -0.4 is 26.2 Å². The largest absolute Gasteiger partial charge is 0.311 e. The Morgan fingerprint density at radius 2 is 1.02 bits per heavy atom. The molecule has 0 N–H and O–H groups in total. The Morgan fingerprint density at radius 1 is 0.466 bits per heavy atom. The van der Waals surface area contributed by atoms with Crippen LogP contribution in [0.25, 0.3) is 39.0 Å². The number of hydrogen-bond donors (Lipinski definition) is 0. The molecule has 276 valence electrons. The van der Waals surface area contributed by atoms with Crippen molar-refractivity contribution in [2.75, 3.05) is 9.80 Å². The Labute approximate surface area is 341 Å². The molecule has 3 heterocycles. The molecule has 0 amide bonds. The Balaban J connectivity index is 1.31. The molecule has 1 aromatic heterocycles. The van der Waals surface area contributed by atoms with Crippen molar-refractivity contribution in [2.45, 2.75) is 26.2 Å². The maximum atomic E-state index is 2.60. The lowest BCUT2D eigenvalue weighted by atomic mass is 9.34. The van der Waals surface area contributed by atoms with Crippen LogP contribution in [0.3, 0.4) is 0 Å². The van der Waals surface area contributed by atoms with Crippen LogP contribution in [0.2, 0.25) is 0 Å². The molecule has 58 heavy (non-hydrogen) atoms. The van der Waals surface area contributed by atoms with Gasteiger partial charge in [-0.25, -0.2) is 0 Å². The summed E-state index contributed by atoms with van der Waals surface area (Å²) < 4.78 is 2.60. The molecule has 9 aromatic rings. The zero-order valence-electron chi connectivity index (χ0n) is 33.0. The van der Waals surface area contributed by atoms with E-state index in [9.17, 15) is 0 Å². The van der Waals surface area contributed by atoms with Crippen LogP contribution in [-0.4, -0.2) is 11.3 Å². The van der Waals surface area contributed by atoms with E-state index in [0.717, 1.165) is 22.7 Å². The minimum absolute atomic E-state index is 0.0283. The summed E-state index contributed by atoms with van der Waals surface area (Å²) in [5.74, 6) is 0.